The van der Waals surface area contributed by atoms with Crippen LogP contribution in [-0.4, -0.2) is 55.1 Å². The van der Waals surface area contributed by atoms with Crippen LogP contribution in [0.2, 0.25) is 0 Å². The average Bonchev–Trinajstić information content (AvgIpc) is 2.76. The predicted molar refractivity (Wildman–Crippen MR) is 129 cm³/mol. The third-order valence-corrected chi connectivity index (χ3v) is 7.07. The molecular weight excluding hydrogens is 458 g/mol. The first-order valence-electron chi connectivity index (χ1n) is 10.8. The molecule has 4 aromatic carbocycles. The molecule has 2 N–H and O–H groups in total. The minimum atomic E-state index is -4.43. The molecular formula is C25H25NO7S. The number of aryl methyl sites for hydroxylation is 2. The van der Waals surface area contributed by atoms with Gasteiger partial charge >= 0.3 is 5.97 Å². The van der Waals surface area contributed by atoms with Crippen LogP contribution < -0.4 is 4.74 Å². The number of ether oxygens (including phenoxy) is 1. The minimum absolute atomic E-state index is 0.0162. The number of amides is 1. The summed E-state index contributed by atoms with van der Waals surface area (Å²) < 4.78 is 39.9. The van der Waals surface area contributed by atoms with Crippen molar-refractivity contribution in [1.29, 1.82) is 0 Å². The van der Waals surface area contributed by atoms with Crippen LogP contribution in [-0.2, 0) is 19.7 Å². The maximum absolute atomic E-state index is 12.5. The molecule has 0 atom stereocenters. The van der Waals surface area contributed by atoms with Crippen molar-refractivity contribution in [3.63, 3.8) is 0 Å². The molecule has 0 aliphatic heterocycles. The number of hydrogen-bond acceptors (Lipinski definition) is 5. The summed E-state index contributed by atoms with van der Waals surface area (Å²) in [5, 5.41) is 13.2. The van der Waals surface area contributed by atoms with Crippen molar-refractivity contribution in [2.45, 2.75) is 31.6 Å². The molecule has 34 heavy (non-hydrogen) atoms. The zero-order chi connectivity index (χ0) is 24.8. The van der Waals surface area contributed by atoms with Crippen LogP contribution in [0, 0.1) is 13.8 Å². The summed E-state index contributed by atoms with van der Waals surface area (Å²) in [6, 6.07) is 10.6. The number of carboxylic acid groups (broad SMARTS) is 1. The van der Waals surface area contributed by atoms with Crippen molar-refractivity contribution in [3.05, 3.63) is 47.5 Å². The Hall–Kier alpha value is -3.43. The second-order valence-corrected chi connectivity index (χ2v) is 9.92. The van der Waals surface area contributed by atoms with Crippen molar-refractivity contribution in [3.8, 4) is 5.75 Å². The van der Waals surface area contributed by atoms with Crippen LogP contribution >= 0.6 is 0 Å². The highest BCUT2D eigenvalue weighted by molar-refractivity contribution is 7.86. The van der Waals surface area contributed by atoms with Gasteiger partial charge in [-0.15, -0.1) is 0 Å². The fourth-order valence-electron chi connectivity index (χ4n) is 4.44. The van der Waals surface area contributed by atoms with Crippen molar-refractivity contribution < 1.29 is 32.4 Å². The molecule has 4 aromatic rings. The van der Waals surface area contributed by atoms with Gasteiger partial charge in [-0.25, -0.2) is 0 Å². The number of nitrogens with zero attached hydrogens (tertiary/aromatic N) is 1. The van der Waals surface area contributed by atoms with Gasteiger partial charge in [-0.1, -0.05) is 18.2 Å². The molecule has 1 amide bonds. The lowest BCUT2D eigenvalue weighted by molar-refractivity contribution is -0.138. The summed E-state index contributed by atoms with van der Waals surface area (Å²) in [6.45, 7) is 3.80. The Balaban J connectivity index is 1.78. The van der Waals surface area contributed by atoms with Crippen molar-refractivity contribution in [2.75, 3.05) is 20.2 Å². The maximum atomic E-state index is 12.5. The number of carbonyl (C=O) groups is 2. The number of carbonyl (C=O) groups excluding carboxylic acids is 1. The summed E-state index contributed by atoms with van der Waals surface area (Å²) in [6.07, 6.45) is 0.336. The van der Waals surface area contributed by atoms with E-state index in [1.807, 2.05) is 25.1 Å². The predicted octanol–water partition coefficient (Wildman–Crippen LogP) is 4.15. The summed E-state index contributed by atoms with van der Waals surface area (Å²) in [5.74, 6) is -0.701. The van der Waals surface area contributed by atoms with E-state index in [1.54, 1.807) is 26.1 Å². The summed E-state index contributed by atoms with van der Waals surface area (Å²) >= 11 is 0. The van der Waals surface area contributed by atoms with E-state index in [0.717, 1.165) is 32.7 Å². The highest BCUT2D eigenvalue weighted by Gasteiger charge is 2.22. The fraction of sp³-hybridized carbons (Fsp3) is 0.280. The molecule has 0 bridgehead atoms. The summed E-state index contributed by atoms with van der Waals surface area (Å²) in [5.41, 5.74) is 1.62. The molecule has 9 heteroatoms. The number of likely N-dealkylation sites (N-methyl/N-ethyl adjacent to an activating group) is 1. The van der Waals surface area contributed by atoms with Crippen LogP contribution in [0.5, 0.6) is 5.75 Å². The Morgan fingerprint density at radius 3 is 2.12 bits per heavy atom. The Kier molecular flexibility index (Phi) is 6.09. The molecule has 0 radical (unpaired) electrons. The first-order valence-corrected chi connectivity index (χ1v) is 12.2. The summed E-state index contributed by atoms with van der Waals surface area (Å²) in [7, 11) is -2.83. The van der Waals surface area contributed by atoms with Gasteiger partial charge in [-0.2, -0.15) is 8.42 Å². The van der Waals surface area contributed by atoms with Gasteiger partial charge in [0.2, 0.25) is 0 Å². The number of aliphatic carboxylic acids is 1. The molecule has 0 fully saturated rings. The van der Waals surface area contributed by atoms with Crippen molar-refractivity contribution >= 4 is 54.3 Å². The molecule has 0 saturated heterocycles. The van der Waals surface area contributed by atoms with E-state index in [4.69, 9.17) is 9.84 Å². The lowest BCUT2D eigenvalue weighted by Crippen LogP contribution is -2.32. The third kappa shape index (κ3) is 4.24. The molecule has 0 aromatic heterocycles. The normalized spacial score (nSPS) is 12.0. The maximum Gasteiger partial charge on any atom is 0.303 e. The number of rotatable bonds is 8. The molecule has 0 aliphatic rings. The molecule has 178 valence electrons. The highest BCUT2D eigenvalue weighted by atomic mass is 32.2. The van der Waals surface area contributed by atoms with Gasteiger partial charge in [0.25, 0.3) is 16.0 Å². The van der Waals surface area contributed by atoms with Crippen molar-refractivity contribution in [1.82, 2.24) is 4.90 Å². The number of hydrogen-bond donors (Lipinski definition) is 2. The van der Waals surface area contributed by atoms with E-state index < -0.39 is 16.1 Å². The second-order valence-electron chi connectivity index (χ2n) is 8.53. The van der Waals surface area contributed by atoms with E-state index in [9.17, 15) is 22.6 Å². The molecule has 8 nitrogen and oxygen atoms in total. The van der Waals surface area contributed by atoms with Gasteiger partial charge in [0.15, 0.2) is 6.61 Å². The zero-order valence-electron chi connectivity index (χ0n) is 19.1. The first-order chi connectivity index (χ1) is 16.0. The molecule has 0 heterocycles. The van der Waals surface area contributed by atoms with E-state index in [-0.39, 0.29) is 23.8 Å². The molecule has 0 saturated carbocycles. The number of carboxylic acids is 1. The molecule has 0 spiro atoms. The Labute approximate surface area is 196 Å². The topological polar surface area (TPSA) is 121 Å². The molecule has 4 rings (SSSR count). The van der Waals surface area contributed by atoms with Gasteiger partial charge in [-0.05, 0) is 65.8 Å². The van der Waals surface area contributed by atoms with Gasteiger partial charge in [0.1, 0.15) is 10.6 Å². The van der Waals surface area contributed by atoms with E-state index in [1.165, 1.54) is 11.0 Å². The largest absolute Gasteiger partial charge is 0.483 e. The Bertz CT molecular complexity index is 1540. The Morgan fingerprint density at radius 2 is 1.50 bits per heavy atom. The standard InChI is InChI=1S/C25H25NO7S/c1-14-11-20(33-13-22(27)26(3)10-4-5-23(28)29)18-8-9-19-21(34(30,31)32)12-15(2)17-7-6-16(14)24(18)25(17)19/h6-9,11-12H,4-5,10,13H2,1-3H3,(H,28,29)(H,30,31,32). The monoisotopic (exact) mass is 483 g/mol. The van der Waals surface area contributed by atoms with Gasteiger partial charge in [-0.3, -0.25) is 14.1 Å². The molecule has 0 aliphatic carbocycles. The van der Waals surface area contributed by atoms with Crippen LogP contribution in [0.1, 0.15) is 24.0 Å². The van der Waals surface area contributed by atoms with Gasteiger partial charge in [0.05, 0.1) is 0 Å². The first kappa shape index (κ1) is 23.7. The Morgan fingerprint density at radius 1 is 0.941 bits per heavy atom. The lowest BCUT2D eigenvalue weighted by Gasteiger charge is -2.20. The third-order valence-electron chi connectivity index (χ3n) is 6.18. The summed E-state index contributed by atoms with van der Waals surface area (Å²) in [4.78, 5) is 24.5. The second kappa shape index (κ2) is 8.73. The minimum Gasteiger partial charge on any atom is -0.483 e. The van der Waals surface area contributed by atoms with Gasteiger partial charge < -0.3 is 14.7 Å². The van der Waals surface area contributed by atoms with E-state index in [0.29, 0.717) is 29.5 Å². The van der Waals surface area contributed by atoms with E-state index in [2.05, 4.69) is 0 Å². The zero-order valence-corrected chi connectivity index (χ0v) is 19.9. The van der Waals surface area contributed by atoms with Gasteiger partial charge in [0, 0.05) is 36.2 Å². The van der Waals surface area contributed by atoms with Crippen LogP contribution in [0.3, 0.4) is 0 Å². The van der Waals surface area contributed by atoms with Crippen LogP contribution in [0.4, 0.5) is 0 Å². The fourth-order valence-corrected chi connectivity index (χ4v) is 5.22. The van der Waals surface area contributed by atoms with Crippen LogP contribution in [0.25, 0.3) is 32.3 Å². The van der Waals surface area contributed by atoms with E-state index >= 15 is 0 Å². The average molecular weight is 484 g/mol. The van der Waals surface area contributed by atoms with Crippen molar-refractivity contribution in [2.24, 2.45) is 0 Å². The smallest absolute Gasteiger partial charge is 0.303 e. The number of benzene rings is 4. The lowest BCUT2D eigenvalue weighted by atomic mass is 9.90. The SMILES string of the molecule is Cc1cc(OCC(=O)N(C)CCCC(=O)O)c2ccc3c(S(=O)(=O)O)cc(C)c4ccc1c2c43. The highest BCUT2D eigenvalue weighted by Crippen LogP contribution is 2.43. The van der Waals surface area contributed by atoms with Crippen LogP contribution in [0.15, 0.2) is 41.3 Å². The quantitative estimate of drug-likeness (QED) is 0.285. The molecule has 0 unspecified atom stereocenters.